The van der Waals surface area contributed by atoms with Gasteiger partial charge in [-0.1, -0.05) is 51.2 Å². The molecule has 28 heavy (non-hydrogen) atoms. The third-order valence-electron chi connectivity index (χ3n) is 5.74. The van der Waals surface area contributed by atoms with Crippen molar-refractivity contribution in [1.29, 1.82) is 0 Å². The highest BCUT2D eigenvalue weighted by molar-refractivity contribution is 8.26. The highest BCUT2D eigenvalue weighted by Gasteiger charge is 2.62. The highest BCUT2D eigenvalue weighted by Crippen LogP contribution is 2.63. The molecule has 8 heteroatoms. The summed E-state index contributed by atoms with van der Waals surface area (Å²) in [5.74, 6) is -2.10. The van der Waals surface area contributed by atoms with Crippen LogP contribution in [0.5, 0.6) is 0 Å². The molecular weight excluding hydrogens is 396 g/mol. The van der Waals surface area contributed by atoms with E-state index in [4.69, 9.17) is 0 Å². The van der Waals surface area contributed by atoms with Gasteiger partial charge in [0, 0.05) is 24.7 Å². The average Bonchev–Trinajstić information content (AvgIpc) is 2.92. The van der Waals surface area contributed by atoms with E-state index < -0.39 is 17.5 Å². The van der Waals surface area contributed by atoms with Gasteiger partial charge in [0.15, 0.2) is 5.57 Å². The number of aliphatic carboxylic acids is 2. The van der Waals surface area contributed by atoms with E-state index >= 15 is 0 Å². The van der Waals surface area contributed by atoms with Crippen LogP contribution in [0.3, 0.4) is 0 Å². The zero-order valence-electron chi connectivity index (χ0n) is 18.1. The fraction of sp³-hybridized carbons (Fsp3) is 0.800. The van der Waals surface area contributed by atoms with Crippen molar-refractivity contribution in [2.45, 2.75) is 83.8 Å². The number of fused-ring (bicyclic) bond motifs is 1. The summed E-state index contributed by atoms with van der Waals surface area (Å²) in [4.78, 5) is 28.0. The van der Waals surface area contributed by atoms with Gasteiger partial charge in [-0.15, -0.1) is 0 Å². The van der Waals surface area contributed by atoms with Crippen LogP contribution in [-0.4, -0.2) is 66.9 Å². The van der Waals surface area contributed by atoms with E-state index in [2.05, 4.69) is 65.2 Å². The molecule has 0 aliphatic carbocycles. The maximum Gasteiger partial charge on any atom is 0.344 e. The summed E-state index contributed by atoms with van der Waals surface area (Å²) in [6, 6.07) is 0.855. The van der Waals surface area contributed by atoms with Gasteiger partial charge in [0.05, 0.1) is 9.61 Å². The first-order chi connectivity index (χ1) is 12.9. The second kappa shape index (κ2) is 8.58. The van der Waals surface area contributed by atoms with E-state index in [1.807, 2.05) is 0 Å². The van der Waals surface area contributed by atoms with Crippen LogP contribution in [0.15, 0.2) is 9.81 Å². The van der Waals surface area contributed by atoms with E-state index in [0.717, 1.165) is 6.54 Å². The standard InChI is InChI=1S/C20H34N2O4S2/c1-10(2)14-9-21(12(5)6)19-20(11(3)4,22(14)13(7)8)28-18(27-19)15(16(23)24)17(25)26/h10-14,19H,9H2,1-8H3,(H,23,24)(H,25,26). The minimum absolute atomic E-state index is 0.00130. The molecule has 0 aromatic carbocycles. The van der Waals surface area contributed by atoms with Gasteiger partial charge in [-0.3, -0.25) is 9.80 Å². The van der Waals surface area contributed by atoms with Crippen LogP contribution in [0.4, 0.5) is 0 Å². The smallest absolute Gasteiger partial charge is 0.344 e. The number of piperazine rings is 1. The quantitative estimate of drug-likeness (QED) is 0.372. The Kier molecular flexibility index (Phi) is 7.22. The number of carboxylic acids is 2. The van der Waals surface area contributed by atoms with Crippen LogP contribution in [0.1, 0.15) is 55.4 Å². The summed E-state index contributed by atoms with van der Waals surface area (Å²) in [6.07, 6.45) is 0. The fourth-order valence-corrected chi connectivity index (χ4v) is 8.61. The average molecular weight is 431 g/mol. The normalized spacial score (nSPS) is 29.2. The maximum absolute atomic E-state index is 11.7. The van der Waals surface area contributed by atoms with Crippen LogP contribution in [-0.2, 0) is 9.59 Å². The predicted molar refractivity (Wildman–Crippen MR) is 116 cm³/mol. The molecule has 2 saturated heterocycles. The molecule has 0 aromatic heterocycles. The van der Waals surface area contributed by atoms with Crippen molar-refractivity contribution in [3.8, 4) is 0 Å². The van der Waals surface area contributed by atoms with Crippen LogP contribution >= 0.6 is 23.5 Å². The molecule has 2 rings (SSSR count). The van der Waals surface area contributed by atoms with Gasteiger partial charge in [0.1, 0.15) is 4.87 Å². The lowest BCUT2D eigenvalue weighted by atomic mass is 9.88. The van der Waals surface area contributed by atoms with Crippen molar-refractivity contribution >= 4 is 35.5 Å². The number of rotatable bonds is 6. The Morgan fingerprint density at radius 1 is 1.00 bits per heavy atom. The van der Waals surface area contributed by atoms with Crippen molar-refractivity contribution in [1.82, 2.24) is 9.80 Å². The predicted octanol–water partition coefficient (Wildman–Crippen LogP) is 3.98. The molecule has 2 aliphatic heterocycles. The Balaban J connectivity index is 2.75. The van der Waals surface area contributed by atoms with Gasteiger partial charge in [0.2, 0.25) is 0 Å². The second-order valence-corrected chi connectivity index (χ2v) is 11.5. The Bertz CT molecular complexity index is 647. The zero-order chi connectivity index (χ0) is 21.5. The summed E-state index contributed by atoms with van der Waals surface area (Å²) >= 11 is 2.88. The van der Waals surface area contributed by atoms with Gasteiger partial charge < -0.3 is 10.2 Å². The van der Waals surface area contributed by atoms with Crippen LogP contribution < -0.4 is 0 Å². The fourth-order valence-electron chi connectivity index (χ4n) is 4.43. The first kappa shape index (κ1) is 23.6. The van der Waals surface area contributed by atoms with E-state index in [-0.39, 0.29) is 28.2 Å². The molecule has 2 N–H and O–H groups in total. The largest absolute Gasteiger partial charge is 0.477 e. The number of hydrogen-bond donors (Lipinski definition) is 2. The minimum atomic E-state index is -1.37. The maximum atomic E-state index is 11.7. The zero-order valence-corrected chi connectivity index (χ0v) is 19.7. The molecule has 160 valence electrons. The number of carbonyl (C=O) groups is 2. The molecular formula is C20H34N2O4S2. The van der Waals surface area contributed by atoms with Crippen LogP contribution in [0.2, 0.25) is 0 Å². The third-order valence-corrected chi connectivity index (χ3v) is 9.32. The molecule has 0 saturated carbocycles. The lowest BCUT2D eigenvalue weighted by Crippen LogP contribution is -2.72. The SMILES string of the molecule is CC(C)C1CN(C(C)C)C2SC(=C(C(=O)O)C(=O)O)SC2(C(C)C)N1C(C)C. The Hall–Kier alpha value is -0.700. The number of nitrogens with zero attached hydrogens (tertiary/aromatic N) is 2. The van der Waals surface area contributed by atoms with Gasteiger partial charge in [-0.25, -0.2) is 9.59 Å². The van der Waals surface area contributed by atoms with Crippen molar-refractivity contribution in [2.24, 2.45) is 11.8 Å². The van der Waals surface area contributed by atoms with Crippen molar-refractivity contribution < 1.29 is 19.8 Å². The molecule has 0 radical (unpaired) electrons. The first-order valence-electron chi connectivity index (χ1n) is 9.96. The minimum Gasteiger partial charge on any atom is -0.477 e. The Morgan fingerprint density at radius 2 is 1.54 bits per heavy atom. The van der Waals surface area contributed by atoms with Crippen LogP contribution in [0, 0.1) is 11.8 Å². The molecule has 2 heterocycles. The summed E-state index contributed by atoms with van der Waals surface area (Å²) in [6.45, 7) is 18.4. The van der Waals surface area contributed by atoms with Gasteiger partial charge in [-0.2, -0.15) is 0 Å². The Labute approximate surface area is 177 Å². The molecule has 2 fully saturated rings. The number of thioether (sulfide) groups is 2. The van der Waals surface area contributed by atoms with E-state index in [1.54, 1.807) is 0 Å². The molecule has 0 amide bonds. The van der Waals surface area contributed by atoms with E-state index in [9.17, 15) is 19.8 Å². The van der Waals surface area contributed by atoms with Crippen LogP contribution in [0.25, 0.3) is 0 Å². The number of hydrogen-bond acceptors (Lipinski definition) is 6. The van der Waals surface area contributed by atoms with Crippen molar-refractivity contribution in [3.05, 3.63) is 9.81 Å². The third kappa shape index (κ3) is 3.85. The van der Waals surface area contributed by atoms with Crippen molar-refractivity contribution in [3.63, 3.8) is 0 Å². The van der Waals surface area contributed by atoms with Gasteiger partial charge >= 0.3 is 11.9 Å². The molecule has 0 spiro atoms. The summed E-state index contributed by atoms with van der Waals surface area (Å²) < 4.78 is 0.416. The topological polar surface area (TPSA) is 81.1 Å². The summed E-state index contributed by atoms with van der Waals surface area (Å²) in [5, 5.41) is 19.1. The molecule has 0 bridgehead atoms. The molecule has 0 aromatic rings. The van der Waals surface area contributed by atoms with Gasteiger partial charge in [0.25, 0.3) is 0 Å². The summed E-state index contributed by atoms with van der Waals surface area (Å²) in [7, 11) is 0. The van der Waals surface area contributed by atoms with E-state index in [0.29, 0.717) is 16.2 Å². The number of carboxylic acid groups (broad SMARTS) is 2. The van der Waals surface area contributed by atoms with E-state index in [1.165, 1.54) is 23.5 Å². The molecule has 2 aliphatic rings. The molecule has 3 atom stereocenters. The first-order valence-corrected chi connectivity index (χ1v) is 11.7. The highest BCUT2D eigenvalue weighted by atomic mass is 32.2. The lowest BCUT2D eigenvalue weighted by molar-refractivity contribution is -0.140. The molecule has 6 nitrogen and oxygen atoms in total. The molecule has 3 unspecified atom stereocenters. The monoisotopic (exact) mass is 430 g/mol. The van der Waals surface area contributed by atoms with Crippen molar-refractivity contribution in [2.75, 3.05) is 6.54 Å². The lowest BCUT2D eigenvalue weighted by Gasteiger charge is -2.60. The second-order valence-electron chi connectivity index (χ2n) is 8.85. The van der Waals surface area contributed by atoms with Gasteiger partial charge in [-0.05, 0) is 39.5 Å². The Morgan fingerprint density at radius 3 is 1.89 bits per heavy atom. The summed E-state index contributed by atoms with van der Waals surface area (Å²) in [5.41, 5.74) is -0.502.